The Morgan fingerprint density at radius 3 is 2.70 bits per heavy atom. The quantitative estimate of drug-likeness (QED) is 0.813. The molecule has 118 valence electrons. The molecule has 2 aliphatic heterocycles. The number of para-hydroxylation sites is 1. The van der Waals surface area contributed by atoms with E-state index in [9.17, 15) is 4.79 Å². The Labute approximate surface area is 136 Å². The molecule has 1 spiro atoms. The van der Waals surface area contributed by atoms with Gasteiger partial charge in [-0.25, -0.2) is 0 Å². The molecule has 0 radical (unpaired) electrons. The zero-order valence-electron chi connectivity index (χ0n) is 13.5. The van der Waals surface area contributed by atoms with E-state index in [1.165, 1.54) is 31.5 Å². The molecule has 1 aromatic carbocycles. The van der Waals surface area contributed by atoms with Crippen molar-refractivity contribution < 1.29 is 4.79 Å². The normalized spacial score (nSPS) is 30.2. The van der Waals surface area contributed by atoms with E-state index in [4.69, 9.17) is 0 Å². The Hall–Kier alpha value is -1.94. The van der Waals surface area contributed by atoms with Gasteiger partial charge in [-0.15, -0.1) is 0 Å². The number of fused-ring (bicyclic) bond motifs is 4. The van der Waals surface area contributed by atoms with Gasteiger partial charge >= 0.3 is 0 Å². The van der Waals surface area contributed by atoms with Crippen molar-refractivity contribution in [3.63, 3.8) is 0 Å². The lowest BCUT2D eigenvalue weighted by molar-refractivity contribution is -0.128. The molecule has 4 heteroatoms. The molecule has 3 heterocycles. The van der Waals surface area contributed by atoms with Gasteiger partial charge in [0.25, 0.3) is 0 Å². The molecule has 1 amide bonds. The highest BCUT2D eigenvalue weighted by Gasteiger charge is 2.59. The molecule has 23 heavy (non-hydrogen) atoms. The fourth-order valence-corrected chi connectivity index (χ4v) is 4.91. The maximum atomic E-state index is 13.1. The van der Waals surface area contributed by atoms with Crippen LogP contribution >= 0.6 is 0 Å². The maximum Gasteiger partial charge on any atom is 0.237 e. The minimum absolute atomic E-state index is 0.265. The second-order valence-corrected chi connectivity index (χ2v) is 7.29. The molecule has 1 saturated heterocycles. The topological polar surface area (TPSA) is 36.4 Å². The highest BCUT2D eigenvalue weighted by Crippen LogP contribution is 2.56. The van der Waals surface area contributed by atoms with E-state index >= 15 is 0 Å². The summed E-state index contributed by atoms with van der Waals surface area (Å²) in [5.74, 6) is 0.265. The van der Waals surface area contributed by atoms with E-state index < -0.39 is 0 Å². The summed E-state index contributed by atoms with van der Waals surface area (Å²) in [6.07, 6.45) is 6.43. The Kier molecular flexibility index (Phi) is 2.66. The van der Waals surface area contributed by atoms with Gasteiger partial charge < -0.3 is 9.80 Å². The number of amides is 1. The lowest BCUT2D eigenvalue weighted by atomic mass is 9.61. The lowest BCUT2D eigenvalue weighted by Crippen LogP contribution is -2.56. The number of anilines is 1. The number of likely N-dealkylation sites (tertiary alicyclic amines) is 1. The van der Waals surface area contributed by atoms with Crippen molar-refractivity contribution in [1.82, 2.24) is 9.88 Å². The third-order valence-corrected chi connectivity index (χ3v) is 6.13. The standard InChI is InChI=1S/C19H21N3O/c1-21-16-12-20-15-7-3-2-6-14(15)17(16)19(18(21)23)10-13(11-19)22-8-4-5-9-22/h2-3,6-7,12-13H,4-5,8-11H2,1H3. The zero-order chi connectivity index (χ0) is 15.6. The summed E-state index contributed by atoms with van der Waals surface area (Å²) in [7, 11) is 1.90. The minimum Gasteiger partial charge on any atom is -0.313 e. The van der Waals surface area contributed by atoms with Crippen molar-refractivity contribution in [2.24, 2.45) is 0 Å². The van der Waals surface area contributed by atoms with Gasteiger partial charge in [0, 0.05) is 24.0 Å². The summed E-state index contributed by atoms with van der Waals surface area (Å²) >= 11 is 0. The van der Waals surface area contributed by atoms with E-state index in [1.54, 1.807) is 0 Å². The van der Waals surface area contributed by atoms with E-state index in [0.717, 1.165) is 29.4 Å². The summed E-state index contributed by atoms with van der Waals surface area (Å²) in [5, 5.41) is 1.16. The van der Waals surface area contributed by atoms with Crippen molar-refractivity contribution in [3.8, 4) is 0 Å². The highest BCUT2D eigenvalue weighted by atomic mass is 16.2. The molecule has 1 aromatic heterocycles. The number of hydrogen-bond donors (Lipinski definition) is 0. The number of nitrogens with zero attached hydrogens (tertiary/aromatic N) is 3. The van der Waals surface area contributed by atoms with Gasteiger partial charge in [0.05, 0.1) is 22.8 Å². The average Bonchev–Trinajstić information content (AvgIpc) is 3.13. The van der Waals surface area contributed by atoms with Crippen molar-refractivity contribution in [1.29, 1.82) is 0 Å². The van der Waals surface area contributed by atoms with Crippen molar-refractivity contribution in [2.75, 3.05) is 25.0 Å². The number of benzene rings is 1. The molecule has 2 fully saturated rings. The van der Waals surface area contributed by atoms with Gasteiger partial charge in [-0.2, -0.15) is 0 Å². The van der Waals surface area contributed by atoms with Crippen LogP contribution in [0.25, 0.3) is 10.9 Å². The van der Waals surface area contributed by atoms with Crippen LogP contribution in [0.4, 0.5) is 5.69 Å². The monoisotopic (exact) mass is 307 g/mol. The van der Waals surface area contributed by atoms with Crippen LogP contribution in [-0.2, 0) is 10.2 Å². The minimum atomic E-state index is -0.306. The molecule has 0 bridgehead atoms. The number of aromatic nitrogens is 1. The number of carbonyl (C=O) groups is 1. The predicted molar refractivity (Wildman–Crippen MR) is 90.7 cm³/mol. The predicted octanol–water partition coefficient (Wildman–Crippen LogP) is 2.71. The summed E-state index contributed by atoms with van der Waals surface area (Å²) in [4.78, 5) is 22.0. The van der Waals surface area contributed by atoms with Gasteiger partial charge in [0.2, 0.25) is 5.91 Å². The highest BCUT2D eigenvalue weighted by molar-refractivity contribution is 6.12. The number of pyridine rings is 1. The molecule has 0 atom stereocenters. The Morgan fingerprint density at radius 2 is 1.91 bits per heavy atom. The van der Waals surface area contributed by atoms with Gasteiger partial charge in [-0.1, -0.05) is 18.2 Å². The van der Waals surface area contributed by atoms with Gasteiger partial charge in [-0.05, 0) is 44.8 Å². The summed E-state index contributed by atoms with van der Waals surface area (Å²) in [6.45, 7) is 2.41. The van der Waals surface area contributed by atoms with Gasteiger partial charge in [0.1, 0.15) is 0 Å². The van der Waals surface area contributed by atoms with E-state index in [2.05, 4.69) is 22.0 Å². The van der Waals surface area contributed by atoms with Crippen molar-refractivity contribution in [2.45, 2.75) is 37.1 Å². The first kappa shape index (κ1) is 13.5. The Bertz CT molecular complexity index is 803. The number of rotatable bonds is 1. The van der Waals surface area contributed by atoms with E-state index in [1.807, 2.05) is 30.3 Å². The van der Waals surface area contributed by atoms with Gasteiger partial charge in [-0.3, -0.25) is 9.78 Å². The smallest absolute Gasteiger partial charge is 0.237 e. The first-order valence-electron chi connectivity index (χ1n) is 8.61. The second kappa shape index (κ2) is 4.54. The molecule has 5 rings (SSSR count). The van der Waals surface area contributed by atoms with Crippen LogP contribution in [0.3, 0.4) is 0 Å². The SMILES string of the molecule is CN1C(=O)C2(CC(N3CCCC3)C2)c2c1cnc1ccccc21. The number of likely N-dealkylation sites (N-methyl/N-ethyl adjacent to an activating group) is 1. The lowest BCUT2D eigenvalue weighted by Gasteiger charge is -2.48. The third-order valence-electron chi connectivity index (χ3n) is 6.13. The molecule has 3 aliphatic rings. The summed E-state index contributed by atoms with van der Waals surface area (Å²) < 4.78 is 0. The first-order valence-corrected chi connectivity index (χ1v) is 8.61. The Morgan fingerprint density at radius 1 is 1.17 bits per heavy atom. The average molecular weight is 307 g/mol. The van der Waals surface area contributed by atoms with Crippen molar-refractivity contribution >= 4 is 22.5 Å². The Balaban J connectivity index is 1.62. The molecule has 0 N–H and O–H groups in total. The fraction of sp³-hybridized carbons (Fsp3) is 0.474. The molecule has 4 nitrogen and oxygen atoms in total. The van der Waals surface area contributed by atoms with Crippen LogP contribution in [0.2, 0.25) is 0 Å². The van der Waals surface area contributed by atoms with E-state index in [0.29, 0.717) is 6.04 Å². The number of hydrogen-bond acceptors (Lipinski definition) is 3. The van der Waals surface area contributed by atoms with Crippen LogP contribution in [0.1, 0.15) is 31.2 Å². The van der Waals surface area contributed by atoms with Crippen LogP contribution in [0, 0.1) is 0 Å². The summed E-state index contributed by atoms with van der Waals surface area (Å²) in [6, 6.07) is 8.81. The maximum absolute atomic E-state index is 13.1. The van der Waals surface area contributed by atoms with Gasteiger partial charge in [0.15, 0.2) is 0 Å². The van der Waals surface area contributed by atoms with Crippen LogP contribution < -0.4 is 4.90 Å². The summed E-state index contributed by atoms with van der Waals surface area (Å²) in [5.41, 5.74) is 2.93. The van der Waals surface area contributed by atoms with Crippen molar-refractivity contribution in [3.05, 3.63) is 36.0 Å². The molecule has 2 aromatic rings. The molecule has 1 saturated carbocycles. The number of carbonyl (C=O) groups excluding carboxylic acids is 1. The fourth-order valence-electron chi connectivity index (χ4n) is 4.91. The molecule has 0 unspecified atom stereocenters. The molecular formula is C19H21N3O. The molecule has 1 aliphatic carbocycles. The van der Waals surface area contributed by atoms with E-state index in [-0.39, 0.29) is 11.3 Å². The second-order valence-electron chi connectivity index (χ2n) is 7.29. The third kappa shape index (κ3) is 1.65. The largest absolute Gasteiger partial charge is 0.313 e. The van der Waals surface area contributed by atoms with Crippen LogP contribution in [0.15, 0.2) is 30.5 Å². The first-order chi connectivity index (χ1) is 11.2. The zero-order valence-corrected chi connectivity index (χ0v) is 13.5. The molecular weight excluding hydrogens is 286 g/mol. The van der Waals surface area contributed by atoms with Crippen LogP contribution in [0.5, 0.6) is 0 Å². The van der Waals surface area contributed by atoms with Crippen LogP contribution in [-0.4, -0.2) is 42.0 Å².